The molecule has 0 saturated carbocycles. The Morgan fingerprint density at radius 3 is 2.53 bits per heavy atom. The van der Waals surface area contributed by atoms with Crippen LogP contribution < -0.4 is 5.73 Å². The smallest absolute Gasteiger partial charge is 0.188 e. The van der Waals surface area contributed by atoms with Crippen molar-refractivity contribution in [2.45, 2.75) is 24.3 Å². The average Bonchev–Trinajstić information content (AvgIpc) is 2.75. The van der Waals surface area contributed by atoms with E-state index in [2.05, 4.69) is 9.97 Å². The molecule has 1 unspecified atom stereocenters. The molecule has 0 bridgehead atoms. The molecule has 0 aliphatic carbocycles. The van der Waals surface area contributed by atoms with Crippen LogP contribution in [0.5, 0.6) is 0 Å². The van der Waals surface area contributed by atoms with Crippen LogP contribution in [0.4, 0.5) is 0 Å². The first-order valence-corrected chi connectivity index (χ1v) is 6.28. The van der Waals surface area contributed by atoms with Crippen LogP contribution in [-0.4, -0.2) is 16.5 Å². The van der Waals surface area contributed by atoms with Crippen LogP contribution in [-0.2, 0) is 0 Å². The molecule has 0 aliphatic heterocycles. The van der Waals surface area contributed by atoms with Crippen molar-refractivity contribution in [1.82, 2.24) is 9.97 Å². The second-order valence-corrected chi connectivity index (χ2v) is 5.00. The van der Waals surface area contributed by atoms with E-state index in [0.29, 0.717) is 6.54 Å². The summed E-state index contributed by atoms with van der Waals surface area (Å²) in [5.74, 6) is 1.77. The summed E-state index contributed by atoms with van der Waals surface area (Å²) < 4.78 is 5.58. The number of thioether (sulfide) groups is 1. The van der Waals surface area contributed by atoms with Gasteiger partial charge in [0.2, 0.25) is 0 Å². The second kappa shape index (κ2) is 5.33. The van der Waals surface area contributed by atoms with Gasteiger partial charge in [-0.2, -0.15) is 0 Å². The third kappa shape index (κ3) is 3.08. The van der Waals surface area contributed by atoms with Crippen molar-refractivity contribution in [3.05, 3.63) is 41.6 Å². The zero-order valence-corrected chi connectivity index (χ0v) is 10.7. The fourth-order valence-electron chi connectivity index (χ4n) is 1.42. The van der Waals surface area contributed by atoms with Crippen molar-refractivity contribution >= 4 is 11.8 Å². The van der Waals surface area contributed by atoms with E-state index in [1.807, 2.05) is 26.0 Å². The highest BCUT2D eigenvalue weighted by molar-refractivity contribution is 7.99. The number of nitrogens with zero attached hydrogens (tertiary/aromatic N) is 2. The lowest BCUT2D eigenvalue weighted by Crippen LogP contribution is -2.09. The predicted molar refractivity (Wildman–Crippen MR) is 67.9 cm³/mol. The number of aromatic nitrogens is 2. The Bertz CT molecular complexity index is 481. The molecular formula is C12H15N3OS. The Kier molecular flexibility index (Phi) is 3.81. The molecule has 0 spiro atoms. The number of nitrogens with two attached hydrogens (primary N) is 1. The minimum atomic E-state index is 0.0615. The van der Waals surface area contributed by atoms with Crippen molar-refractivity contribution in [3.8, 4) is 0 Å². The molecule has 2 rings (SSSR count). The van der Waals surface area contributed by atoms with Gasteiger partial charge in [0.1, 0.15) is 11.5 Å². The third-order valence-corrected chi connectivity index (χ3v) is 3.43. The molecule has 2 aromatic heterocycles. The molecule has 0 fully saturated rings. The molecule has 4 nitrogen and oxygen atoms in total. The highest BCUT2D eigenvalue weighted by Gasteiger charge is 2.16. The first kappa shape index (κ1) is 12.1. The largest absolute Gasteiger partial charge is 0.465 e. The van der Waals surface area contributed by atoms with E-state index in [-0.39, 0.29) is 5.25 Å². The quantitative estimate of drug-likeness (QED) is 0.666. The molecule has 90 valence electrons. The fraction of sp³-hybridized carbons (Fsp3) is 0.333. The van der Waals surface area contributed by atoms with E-state index in [4.69, 9.17) is 10.2 Å². The summed E-state index contributed by atoms with van der Waals surface area (Å²) in [4.78, 5) is 8.51. The van der Waals surface area contributed by atoms with Gasteiger partial charge in [-0.15, -0.1) is 0 Å². The lowest BCUT2D eigenvalue weighted by atomic mass is 10.3. The summed E-state index contributed by atoms with van der Waals surface area (Å²) in [5.41, 5.74) is 6.80. The van der Waals surface area contributed by atoms with Gasteiger partial charge < -0.3 is 10.2 Å². The monoisotopic (exact) mass is 249 g/mol. The second-order valence-electron chi connectivity index (χ2n) is 3.83. The van der Waals surface area contributed by atoms with Crippen LogP contribution >= 0.6 is 11.8 Å². The van der Waals surface area contributed by atoms with E-state index in [0.717, 1.165) is 22.2 Å². The van der Waals surface area contributed by atoms with Crippen LogP contribution in [0.3, 0.4) is 0 Å². The minimum Gasteiger partial charge on any atom is -0.465 e. The van der Waals surface area contributed by atoms with Gasteiger partial charge in [0.05, 0.1) is 5.25 Å². The lowest BCUT2D eigenvalue weighted by Gasteiger charge is -2.10. The maximum absolute atomic E-state index is 5.76. The van der Waals surface area contributed by atoms with Crippen LogP contribution in [0.25, 0.3) is 0 Å². The topological polar surface area (TPSA) is 64.9 Å². The van der Waals surface area contributed by atoms with E-state index in [1.54, 1.807) is 12.4 Å². The Morgan fingerprint density at radius 2 is 2.00 bits per heavy atom. The SMILES string of the molecule is Cc1cnc(SC(CN)c2ccc(C)o2)nc1. The molecule has 0 saturated heterocycles. The van der Waals surface area contributed by atoms with Gasteiger partial charge in [0.25, 0.3) is 0 Å². The van der Waals surface area contributed by atoms with Crippen molar-refractivity contribution in [2.75, 3.05) is 6.54 Å². The highest BCUT2D eigenvalue weighted by atomic mass is 32.2. The lowest BCUT2D eigenvalue weighted by molar-refractivity contribution is 0.481. The van der Waals surface area contributed by atoms with E-state index in [1.165, 1.54) is 11.8 Å². The van der Waals surface area contributed by atoms with Crippen molar-refractivity contribution in [2.24, 2.45) is 5.73 Å². The molecule has 0 aromatic carbocycles. The number of aryl methyl sites for hydroxylation is 2. The summed E-state index contributed by atoms with van der Waals surface area (Å²) in [5, 5.41) is 0.784. The van der Waals surface area contributed by atoms with Crippen molar-refractivity contribution in [1.29, 1.82) is 0 Å². The van der Waals surface area contributed by atoms with Gasteiger partial charge in [-0.25, -0.2) is 9.97 Å². The van der Waals surface area contributed by atoms with Gasteiger partial charge >= 0.3 is 0 Å². The third-order valence-electron chi connectivity index (χ3n) is 2.30. The number of furan rings is 1. The van der Waals surface area contributed by atoms with Crippen LogP contribution in [0, 0.1) is 13.8 Å². The molecule has 2 heterocycles. The van der Waals surface area contributed by atoms with Gasteiger partial charge in [0.15, 0.2) is 5.16 Å². The van der Waals surface area contributed by atoms with Gasteiger partial charge in [-0.1, -0.05) is 11.8 Å². The first-order valence-electron chi connectivity index (χ1n) is 5.40. The Balaban J connectivity index is 2.12. The van der Waals surface area contributed by atoms with Crippen molar-refractivity contribution in [3.63, 3.8) is 0 Å². The molecule has 0 aliphatic rings. The predicted octanol–water partition coefficient (Wildman–Crippen LogP) is 2.48. The first-order chi connectivity index (χ1) is 8.19. The molecule has 0 amide bonds. The van der Waals surface area contributed by atoms with Gasteiger partial charge in [0, 0.05) is 18.9 Å². The zero-order valence-electron chi connectivity index (χ0n) is 9.88. The standard InChI is InChI=1S/C12H15N3OS/c1-8-6-14-12(15-7-8)17-11(5-13)10-4-3-9(2)16-10/h3-4,6-7,11H,5,13H2,1-2H3. The van der Waals surface area contributed by atoms with Crippen LogP contribution in [0.2, 0.25) is 0 Å². The maximum Gasteiger partial charge on any atom is 0.188 e. The van der Waals surface area contributed by atoms with E-state index < -0.39 is 0 Å². The number of hydrogen-bond donors (Lipinski definition) is 1. The number of rotatable bonds is 4. The molecule has 0 radical (unpaired) electrons. The van der Waals surface area contributed by atoms with Gasteiger partial charge in [-0.05, 0) is 31.5 Å². The summed E-state index contributed by atoms with van der Waals surface area (Å²) >= 11 is 1.52. The molecular weight excluding hydrogens is 234 g/mol. The summed E-state index contributed by atoms with van der Waals surface area (Å²) in [7, 11) is 0. The number of hydrogen-bond acceptors (Lipinski definition) is 5. The van der Waals surface area contributed by atoms with E-state index >= 15 is 0 Å². The maximum atomic E-state index is 5.76. The van der Waals surface area contributed by atoms with Crippen molar-refractivity contribution < 1.29 is 4.42 Å². The summed E-state index contributed by atoms with van der Waals surface area (Å²) in [6.45, 7) is 4.38. The Labute approximate surface area is 105 Å². The summed E-state index contributed by atoms with van der Waals surface area (Å²) in [6, 6.07) is 3.89. The summed E-state index contributed by atoms with van der Waals surface area (Å²) in [6.07, 6.45) is 3.60. The Hall–Kier alpha value is -1.33. The average molecular weight is 249 g/mol. The Morgan fingerprint density at radius 1 is 1.29 bits per heavy atom. The molecule has 2 N–H and O–H groups in total. The molecule has 2 aromatic rings. The van der Waals surface area contributed by atoms with Crippen LogP contribution in [0.1, 0.15) is 22.3 Å². The highest BCUT2D eigenvalue weighted by Crippen LogP contribution is 2.32. The normalized spacial score (nSPS) is 12.6. The molecule has 5 heteroatoms. The van der Waals surface area contributed by atoms with Crippen LogP contribution in [0.15, 0.2) is 34.1 Å². The molecule has 17 heavy (non-hydrogen) atoms. The van der Waals surface area contributed by atoms with Gasteiger partial charge in [-0.3, -0.25) is 0 Å². The molecule has 1 atom stereocenters. The minimum absolute atomic E-state index is 0.0615. The zero-order chi connectivity index (χ0) is 12.3. The van der Waals surface area contributed by atoms with E-state index in [9.17, 15) is 0 Å². The fourth-order valence-corrected chi connectivity index (χ4v) is 2.24.